The van der Waals surface area contributed by atoms with Gasteiger partial charge in [-0.25, -0.2) is 4.79 Å². The Bertz CT molecular complexity index is 1400. The van der Waals surface area contributed by atoms with Crippen molar-refractivity contribution < 1.29 is 14.1 Å². The molecule has 0 atom stereocenters. The van der Waals surface area contributed by atoms with Crippen LogP contribution in [0.25, 0.3) is 33.1 Å². The van der Waals surface area contributed by atoms with Crippen molar-refractivity contribution in [1.29, 1.82) is 0 Å². The van der Waals surface area contributed by atoms with Gasteiger partial charge in [-0.3, -0.25) is 0 Å². The van der Waals surface area contributed by atoms with Crippen molar-refractivity contribution in [3.8, 4) is 11.3 Å². The first-order valence-corrected chi connectivity index (χ1v) is 10.3. The normalized spacial score (nSPS) is 11.2. The Hall–Kier alpha value is -3.92. The highest BCUT2D eigenvalue weighted by atomic mass is 16.5. The van der Waals surface area contributed by atoms with Gasteiger partial charge in [0, 0.05) is 33.5 Å². The molecule has 0 aliphatic rings. The summed E-state index contributed by atoms with van der Waals surface area (Å²) >= 11 is 0. The van der Waals surface area contributed by atoms with Crippen LogP contribution < -0.4 is 4.57 Å². The molecule has 3 aromatic carbocycles. The molecular formula is C27H23N2O2+. The smallest absolute Gasteiger partial charge is 0.337 e. The van der Waals surface area contributed by atoms with Crippen LogP contribution in [0.15, 0.2) is 85.1 Å². The molecule has 0 bridgehead atoms. The topological polar surface area (TPSA) is 46.0 Å². The van der Waals surface area contributed by atoms with E-state index in [4.69, 9.17) is 4.74 Å². The van der Waals surface area contributed by atoms with Gasteiger partial charge >= 0.3 is 5.97 Å². The average Bonchev–Trinajstić information content (AvgIpc) is 3.18. The first kappa shape index (κ1) is 19.1. The number of aryl methyl sites for hydroxylation is 1. The molecule has 0 fully saturated rings. The molecule has 0 aliphatic carbocycles. The van der Waals surface area contributed by atoms with E-state index < -0.39 is 0 Å². The van der Waals surface area contributed by atoms with Crippen LogP contribution in [0.5, 0.6) is 0 Å². The zero-order chi connectivity index (χ0) is 21.4. The number of carbonyl (C=O) groups excluding carboxylic acids is 1. The predicted molar refractivity (Wildman–Crippen MR) is 123 cm³/mol. The molecule has 0 saturated carbocycles. The molecule has 31 heavy (non-hydrogen) atoms. The third kappa shape index (κ3) is 3.46. The van der Waals surface area contributed by atoms with E-state index in [2.05, 4.69) is 71.2 Å². The molecule has 0 saturated heterocycles. The number of esters is 1. The molecule has 0 spiro atoms. The lowest BCUT2D eigenvalue weighted by Gasteiger charge is -2.07. The molecule has 0 radical (unpaired) electrons. The Labute approximate surface area is 180 Å². The number of pyridine rings is 1. The number of hydrogen-bond acceptors (Lipinski definition) is 2. The third-order valence-corrected chi connectivity index (χ3v) is 5.74. The summed E-state index contributed by atoms with van der Waals surface area (Å²) in [4.78, 5) is 15.5. The minimum Gasteiger partial charge on any atom is -0.465 e. The number of methoxy groups -OCH3 is 1. The molecule has 5 rings (SSSR count). The minimum absolute atomic E-state index is 0.331. The highest BCUT2D eigenvalue weighted by Gasteiger charge is 2.21. The number of aromatic amines is 1. The van der Waals surface area contributed by atoms with Crippen LogP contribution in [0.1, 0.15) is 21.5 Å². The Morgan fingerprint density at radius 3 is 2.39 bits per heavy atom. The second-order valence-corrected chi connectivity index (χ2v) is 7.81. The minimum atomic E-state index is -0.331. The maximum atomic E-state index is 11.9. The fourth-order valence-corrected chi connectivity index (χ4v) is 4.12. The molecule has 2 heterocycles. The van der Waals surface area contributed by atoms with Crippen LogP contribution in [0, 0.1) is 6.92 Å². The van der Waals surface area contributed by atoms with Crippen LogP contribution in [0.3, 0.4) is 0 Å². The lowest BCUT2D eigenvalue weighted by Crippen LogP contribution is -2.36. The number of carbonyl (C=O) groups is 1. The van der Waals surface area contributed by atoms with Crippen molar-refractivity contribution in [3.05, 3.63) is 102 Å². The monoisotopic (exact) mass is 407 g/mol. The molecule has 4 nitrogen and oxygen atoms in total. The van der Waals surface area contributed by atoms with Crippen LogP contribution in [-0.4, -0.2) is 18.1 Å². The largest absolute Gasteiger partial charge is 0.465 e. The zero-order valence-corrected chi connectivity index (χ0v) is 17.6. The highest BCUT2D eigenvalue weighted by molar-refractivity contribution is 6.10. The number of rotatable bonds is 4. The number of hydrogen-bond donors (Lipinski definition) is 1. The maximum Gasteiger partial charge on any atom is 0.337 e. The lowest BCUT2D eigenvalue weighted by atomic mass is 10.0. The molecule has 2 aromatic heterocycles. The molecule has 0 amide bonds. The van der Waals surface area contributed by atoms with Gasteiger partial charge in [-0.2, -0.15) is 4.57 Å². The number of benzene rings is 3. The van der Waals surface area contributed by atoms with Gasteiger partial charge < -0.3 is 9.72 Å². The van der Waals surface area contributed by atoms with E-state index in [9.17, 15) is 4.79 Å². The lowest BCUT2D eigenvalue weighted by molar-refractivity contribution is -0.676. The average molecular weight is 407 g/mol. The summed E-state index contributed by atoms with van der Waals surface area (Å²) in [5, 5.41) is 2.38. The number of aromatic nitrogens is 2. The van der Waals surface area contributed by atoms with E-state index in [-0.39, 0.29) is 5.97 Å². The van der Waals surface area contributed by atoms with Crippen LogP contribution in [-0.2, 0) is 11.3 Å². The Kier molecular flexibility index (Phi) is 4.75. The summed E-state index contributed by atoms with van der Waals surface area (Å²) in [5.74, 6) is -0.331. The number of para-hydroxylation sites is 1. The van der Waals surface area contributed by atoms with E-state index in [0.29, 0.717) is 5.56 Å². The van der Waals surface area contributed by atoms with Gasteiger partial charge in [-0.1, -0.05) is 48.0 Å². The Morgan fingerprint density at radius 1 is 0.903 bits per heavy atom. The van der Waals surface area contributed by atoms with Gasteiger partial charge in [0.25, 0.3) is 0 Å². The quantitative estimate of drug-likeness (QED) is 0.319. The van der Waals surface area contributed by atoms with Crippen molar-refractivity contribution in [1.82, 2.24) is 4.98 Å². The predicted octanol–water partition coefficient (Wildman–Crippen LogP) is 5.42. The van der Waals surface area contributed by atoms with Crippen LogP contribution in [0.4, 0.5) is 0 Å². The van der Waals surface area contributed by atoms with Gasteiger partial charge in [0.05, 0.1) is 12.7 Å². The van der Waals surface area contributed by atoms with E-state index >= 15 is 0 Å². The van der Waals surface area contributed by atoms with E-state index in [0.717, 1.165) is 28.8 Å². The zero-order valence-electron chi connectivity index (χ0n) is 17.6. The molecule has 0 aliphatic heterocycles. The van der Waals surface area contributed by atoms with Crippen molar-refractivity contribution in [3.63, 3.8) is 0 Å². The number of nitrogens with zero attached hydrogens (tertiary/aromatic N) is 1. The maximum absolute atomic E-state index is 11.9. The fraction of sp³-hybridized carbons (Fsp3) is 0.111. The van der Waals surface area contributed by atoms with Gasteiger partial charge in [0.2, 0.25) is 5.69 Å². The third-order valence-electron chi connectivity index (χ3n) is 5.74. The second-order valence-electron chi connectivity index (χ2n) is 7.81. The Morgan fingerprint density at radius 2 is 1.65 bits per heavy atom. The molecule has 5 aromatic rings. The van der Waals surface area contributed by atoms with Crippen LogP contribution >= 0.6 is 0 Å². The SMILES string of the molecule is COC(=O)c1ccc(-c2c3[nH]c4ccccc4c3cc[n+]2Cc2ccc(C)cc2)cc1. The van der Waals surface area contributed by atoms with Crippen molar-refractivity contribution in [2.75, 3.05) is 7.11 Å². The highest BCUT2D eigenvalue weighted by Crippen LogP contribution is 2.31. The summed E-state index contributed by atoms with van der Waals surface area (Å²) in [6.45, 7) is 2.85. The standard InChI is InChI=1S/C27H22N2O2/c1-18-7-9-19(10-8-18)17-29-16-15-23-22-5-3-4-6-24(22)28-25(23)26(29)20-11-13-21(14-12-20)27(30)31-2/h3-16H,17H2,1-2H3/p+1. The first-order valence-electron chi connectivity index (χ1n) is 10.3. The Balaban J connectivity index is 1.71. The molecule has 0 unspecified atom stereocenters. The van der Waals surface area contributed by atoms with E-state index in [1.807, 2.05) is 30.3 Å². The number of H-pyrrole nitrogens is 1. The molecular weight excluding hydrogens is 384 g/mol. The van der Waals surface area contributed by atoms with Gasteiger partial charge in [-0.15, -0.1) is 0 Å². The summed E-state index contributed by atoms with van der Waals surface area (Å²) < 4.78 is 7.11. The van der Waals surface area contributed by atoms with E-state index in [1.165, 1.54) is 29.0 Å². The summed E-state index contributed by atoms with van der Waals surface area (Å²) in [7, 11) is 1.40. The number of fused-ring (bicyclic) bond motifs is 3. The van der Waals surface area contributed by atoms with E-state index in [1.54, 1.807) is 0 Å². The second kappa shape index (κ2) is 7.73. The molecule has 4 heteroatoms. The first-order chi connectivity index (χ1) is 15.1. The fourth-order valence-electron chi connectivity index (χ4n) is 4.12. The molecule has 1 N–H and O–H groups in total. The van der Waals surface area contributed by atoms with Crippen molar-refractivity contribution >= 4 is 27.8 Å². The van der Waals surface area contributed by atoms with Crippen molar-refractivity contribution in [2.24, 2.45) is 0 Å². The van der Waals surface area contributed by atoms with Gasteiger partial charge in [-0.05, 0) is 37.3 Å². The molecule has 152 valence electrons. The summed E-state index contributed by atoms with van der Waals surface area (Å²) in [6.07, 6.45) is 2.14. The van der Waals surface area contributed by atoms with Gasteiger partial charge in [0.15, 0.2) is 12.7 Å². The summed E-state index contributed by atoms with van der Waals surface area (Å²) in [6, 6.07) is 26.7. The summed E-state index contributed by atoms with van der Waals surface area (Å²) in [5.41, 5.74) is 7.35. The number of nitrogens with one attached hydrogen (secondary N) is 1. The van der Waals surface area contributed by atoms with Crippen LogP contribution in [0.2, 0.25) is 0 Å². The number of ether oxygens (including phenoxy) is 1. The van der Waals surface area contributed by atoms with Gasteiger partial charge in [0.1, 0.15) is 5.52 Å². The van der Waals surface area contributed by atoms with Crippen molar-refractivity contribution in [2.45, 2.75) is 13.5 Å².